The van der Waals surface area contributed by atoms with Crippen LogP contribution in [0.1, 0.15) is 11.1 Å². The molecule has 5 nitrogen and oxygen atoms in total. The number of benzene rings is 1. The van der Waals surface area contributed by atoms with E-state index in [9.17, 15) is 4.79 Å². The van der Waals surface area contributed by atoms with Crippen LogP contribution in [0.3, 0.4) is 0 Å². The van der Waals surface area contributed by atoms with E-state index in [2.05, 4.69) is 10.3 Å². The van der Waals surface area contributed by atoms with Gasteiger partial charge in [0, 0.05) is 24.0 Å². The third kappa shape index (κ3) is 5.10. The van der Waals surface area contributed by atoms with Crippen LogP contribution in [0.4, 0.5) is 10.5 Å². The summed E-state index contributed by atoms with van der Waals surface area (Å²) < 4.78 is 5.08. The van der Waals surface area contributed by atoms with Crippen molar-refractivity contribution in [2.75, 3.05) is 12.3 Å². The van der Waals surface area contributed by atoms with Gasteiger partial charge in [0.2, 0.25) is 0 Å². The standard InChI is InChI=1S/C16H16ClN3O2/c17-15-9-14(18)13(10-20-15)7-4-8-19-16(21)22-11-12-5-2-1-3-6-12/h1-7,9-10H,8,11H2,(H2,18,20)(H,19,21). The summed E-state index contributed by atoms with van der Waals surface area (Å²) in [5.74, 6) is 0. The van der Waals surface area contributed by atoms with Crippen molar-refractivity contribution in [2.45, 2.75) is 6.61 Å². The molecule has 0 unspecified atom stereocenters. The average molecular weight is 318 g/mol. The molecule has 0 radical (unpaired) electrons. The number of alkyl carbamates (subject to hydrolysis) is 1. The molecule has 1 aromatic heterocycles. The zero-order valence-corrected chi connectivity index (χ0v) is 12.6. The number of nitrogen functional groups attached to an aromatic ring is 1. The van der Waals surface area contributed by atoms with E-state index in [0.717, 1.165) is 11.1 Å². The molecule has 0 fully saturated rings. The normalized spacial score (nSPS) is 10.6. The number of pyridine rings is 1. The number of nitrogens with zero attached hydrogens (tertiary/aromatic N) is 1. The molecule has 1 aromatic carbocycles. The first-order valence-corrected chi connectivity index (χ1v) is 7.05. The maximum Gasteiger partial charge on any atom is 0.407 e. The Morgan fingerprint density at radius 1 is 1.36 bits per heavy atom. The van der Waals surface area contributed by atoms with E-state index in [0.29, 0.717) is 17.4 Å². The molecule has 0 saturated carbocycles. The predicted octanol–water partition coefficient (Wildman–Crippen LogP) is 3.26. The molecule has 22 heavy (non-hydrogen) atoms. The number of nitrogens with two attached hydrogens (primary N) is 1. The van der Waals surface area contributed by atoms with Gasteiger partial charge in [0.05, 0.1) is 0 Å². The Morgan fingerprint density at radius 2 is 2.14 bits per heavy atom. The molecule has 114 valence electrons. The maximum atomic E-state index is 11.5. The van der Waals surface area contributed by atoms with Crippen LogP contribution in [-0.2, 0) is 11.3 Å². The third-order valence-corrected chi connectivity index (χ3v) is 3.02. The van der Waals surface area contributed by atoms with E-state index in [1.807, 2.05) is 30.3 Å². The van der Waals surface area contributed by atoms with Crippen molar-refractivity contribution in [1.29, 1.82) is 0 Å². The minimum Gasteiger partial charge on any atom is -0.445 e. The highest BCUT2D eigenvalue weighted by atomic mass is 35.5. The Balaban J connectivity index is 1.73. The van der Waals surface area contributed by atoms with Gasteiger partial charge >= 0.3 is 6.09 Å². The van der Waals surface area contributed by atoms with Crippen molar-refractivity contribution < 1.29 is 9.53 Å². The van der Waals surface area contributed by atoms with Gasteiger partial charge in [-0.3, -0.25) is 0 Å². The fourth-order valence-corrected chi connectivity index (χ4v) is 1.86. The number of halogens is 1. The number of amides is 1. The van der Waals surface area contributed by atoms with E-state index in [4.69, 9.17) is 22.1 Å². The lowest BCUT2D eigenvalue weighted by Gasteiger charge is -2.05. The van der Waals surface area contributed by atoms with E-state index in [1.54, 1.807) is 24.4 Å². The first-order chi connectivity index (χ1) is 10.6. The zero-order chi connectivity index (χ0) is 15.8. The Labute approximate surface area is 133 Å². The number of aromatic nitrogens is 1. The van der Waals surface area contributed by atoms with Gasteiger partial charge in [-0.15, -0.1) is 0 Å². The second-order valence-electron chi connectivity index (χ2n) is 4.48. The Kier molecular flexibility index (Phi) is 5.80. The van der Waals surface area contributed by atoms with Crippen molar-refractivity contribution >= 4 is 29.5 Å². The fraction of sp³-hybridized carbons (Fsp3) is 0.125. The smallest absolute Gasteiger partial charge is 0.407 e. The highest BCUT2D eigenvalue weighted by Crippen LogP contribution is 2.16. The molecule has 0 aliphatic carbocycles. The quantitative estimate of drug-likeness (QED) is 0.830. The summed E-state index contributed by atoms with van der Waals surface area (Å²) in [6.07, 6.45) is 4.61. The molecule has 0 saturated heterocycles. The molecule has 3 N–H and O–H groups in total. The van der Waals surface area contributed by atoms with Crippen LogP contribution < -0.4 is 11.1 Å². The first kappa shape index (κ1) is 15.9. The van der Waals surface area contributed by atoms with Crippen LogP contribution in [0.2, 0.25) is 5.15 Å². The van der Waals surface area contributed by atoms with Crippen molar-refractivity contribution in [3.8, 4) is 0 Å². The Bertz CT molecular complexity index is 660. The van der Waals surface area contributed by atoms with Gasteiger partial charge in [-0.1, -0.05) is 54.1 Å². The largest absolute Gasteiger partial charge is 0.445 e. The van der Waals surface area contributed by atoms with Gasteiger partial charge in [-0.25, -0.2) is 9.78 Å². The second-order valence-corrected chi connectivity index (χ2v) is 4.87. The highest BCUT2D eigenvalue weighted by molar-refractivity contribution is 6.29. The van der Waals surface area contributed by atoms with E-state index < -0.39 is 6.09 Å². The summed E-state index contributed by atoms with van der Waals surface area (Å²) >= 11 is 5.72. The van der Waals surface area contributed by atoms with Crippen LogP contribution in [-0.4, -0.2) is 17.6 Å². The molecule has 0 atom stereocenters. The number of anilines is 1. The number of hydrogen-bond acceptors (Lipinski definition) is 4. The highest BCUT2D eigenvalue weighted by Gasteiger charge is 2.01. The van der Waals surface area contributed by atoms with Gasteiger partial charge in [0.1, 0.15) is 11.8 Å². The van der Waals surface area contributed by atoms with Gasteiger partial charge in [-0.2, -0.15) is 0 Å². The molecule has 0 spiro atoms. The molecule has 2 rings (SSSR count). The first-order valence-electron chi connectivity index (χ1n) is 6.67. The lowest BCUT2D eigenvalue weighted by molar-refractivity contribution is 0.141. The molecular weight excluding hydrogens is 302 g/mol. The SMILES string of the molecule is Nc1cc(Cl)ncc1C=CCNC(=O)OCc1ccccc1. The van der Waals surface area contributed by atoms with Gasteiger partial charge in [0.25, 0.3) is 0 Å². The van der Waals surface area contributed by atoms with E-state index in [-0.39, 0.29) is 6.61 Å². The van der Waals surface area contributed by atoms with Crippen LogP contribution in [0, 0.1) is 0 Å². The third-order valence-electron chi connectivity index (χ3n) is 2.81. The zero-order valence-electron chi connectivity index (χ0n) is 11.8. The summed E-state index contributed by atoms with van der Waals surface area (Å²) in [5, 5.41) is 2.96. The summed E-state index contributed by atoms with van der Waals surface area (Å²) in [6.45, 7) is 0.570. The number of rotatable bonds is 5. The number of carbonyl (C=O) groups excluding carboxylic acids is 1. The predicted molar refractivity (Wildman–Crippen MR) is 87.3 cm³/mol. The molecule has 0 aliphatic rings. The number of hydrogen-bond donors (Lipinski definition) is 2. The van der Waals surface area contributed by atoms with Crippen LogP contribution in [0.5, 0.6) is 0 Å². The van der Waals surface area contributed by atoms with Crippen molar-refractivity contribution in [1.82, 2.24) is 10.3 Å². The maximum absolute atomic E-state index is 11.5. The van der Waals surface area contributed by atoms with Gasteiger partial charge in [-0.05, 0) is 11.6 Å². The lowest BCUT2D eigenvalue weighted by atomic mass is 10.2. The van der Waals surface area contributed by atoms with Gasteiger partial charge < -0.3 is 15.8 Å². The number of nitrogens with one attached hydrogen (secondary N) is 1. The molecule has 6 heteroatoms. The molecule has 2 aromatic rings. The topological polar surface area (TPSA) is 77.2 Å². The van der Waals surface area contributed by atoms with E-state index in [1.165, 1.54) is 0 Å². The van der Waals surface area contributed by atoms with Crippen LogP contribution in [0.25, 0.3) is 6.08 Å². The Hall–Kier alpha value is -2.53. The van der Waals surface area contributed by atoms with Crippen molar-refractivity contribution in [2.24, 2.45) is 0 Å². The van der Waals surface area contributed by atoms with Crippen molar-refractivity contribution in [3.05, 3.63) is 65.0 Å². The fourth-order valence-electron chi connectivity index (χ4n) is 1.70. The molecule has 0 aliphatic heterocycles. The molecule has 1 amide bonds. The van der Waals surface area contributed by atoms with Crippen LogP contribution >= 0.6 is 11.6 Å². The number of carbonyl (C=O) groups is 1. The Morgan fingerprint density at radius 3 is 2.86 bits per heavy atom. The minimum absolute atomic E-state index is 0.241. The second kappa shape index (κ2) is 8.05. The summed E-state index contributed by atoms with van der Waals surface area (Å²) in [4.78, 5) is 15.5. The summed E-state index contributed by atoms with van der Waals surface area (Å²) in [6, 6.07) is 11.1. The van der Waals surface area contributed by atoms with E-state index >= 15 is 0 Å². The van der Waals surface area contributed by atoms with Gasteiger partial charge in [0.15, 0.2) is 0 Å². The lowest BCUT2D eigenvalue weighted by Crippen LogP contribution is -2.24. The number of ether oxygens (including phenoxy) is 1. The van der Waals surface area contributed by atoms with Crippen molar-refractivity contribution in [3.63, 3.8) is 0 Å². The summed E-state index contributed by atoms with van der Waals surface area (Å²) in [5.41, 5.74) is 8.00. The van der Waals surface area contributed by atoms with Crippen LogP contribution in [0.15, 0.2) is 48.7 Å². The average Bonchev–Trinajstić information content (AvgIpc) is 2.52. The monoisotopic (exact) mass is 317 g/mol. The summed E-state index contributed by atoms with van der Waals surface area (Å²) in [7, 11) is 0. The minimum atomic E-state index is -0.476. The molecule has 1 heterocycles. The molecular formula is C16H16ClN3O2. The molecule has 0 bridgehead atoms.